The lowest BCUT2D eigenvalue weighted by molar-refractivity contribution is 0.0843. The van der Waals surface area contributed by atoms with Crippen molar-refractivity contribution >= 4 is 11.7 Å². The van der Waals surface area contributed by atoms with Gasteiger partial charge in [0, 0.05) is 42.4 Å². The van der Waals surface area contributed by atoms with E-state index in [1.54, 1.807) is 12.1 Å². The van der Waals surface area contributed by atoms with E-state index in [4.69, 9.17) is 10.5 Å². The van der Waals surface area contributed by atoms with Crippen LogP contribution in [0, 0.1) is 5.95 Å². The monoisotopic (exact) mass is 474 g/mol. The van der Waals surface area contributed by atoms with Gasteiger partial charge in [0.05, 0.1) is 0 Å². The Kier molecular flexibility index (Phi) is 6.43. The summed E-state index contributed by atoms with van der Waals surface area (Å²) in [4.78, 5) is 18.5. The van der Waals surface area contributed by atoms with Crippen LogP contribution >= 0.6 is 0 Å². The summed E-state index contributed by atoms with van der Waals surface area (Å²) in [6.07, 6.45) is 2.95. The Hall–Kier alpha value is -3.45. The van der Waals surface area contributed by atoms with Crippen LogP contribution in [0.5, 0.6) is 5.75 Å². The molecular formula is C28H31FN4O2. The highest BCUT2D eigenvalue weighted by Crippen LogP contribution is 2.34. The second kappa shape index (κ2) is 9.66. The molecule has 0 spiro atoms. The van der Waals surface area contributed by atoms with E-state index in [2.05, 4.69) is 29.0 Å². The maximum absolute atomic E-state index is 14.9. The number of hydrogen-bond acceptors (Lipinski definition) is 5. The number of piperidine rings is 1. The van der Waals surface area contributed by atoms with Crippen LogP contribution in [0.2, 0.25) is 0 Å². The number of nitrogen functional groups attached to an aromatic ring is 1. The van der Waals surface area contributed by atoms with Gasteiger partial charge in [-0.15, -0.1) is 0 Å². The van der Waals surface area contributed by atoms with Crippen LogP contribution in [0.4, 0.5) is 10.2 Å². The first-order valence-corrected chi connectivity index (χ1v) is 12.3. The van der Waals surface area contributed by atoms with E-state index in [-0.39, 0.29) is 17.8 Å². The SMILES string of the molecule is CC(C)N1CCC(Oc2ccc(-c3cc(-c4ccc5c(c4)CCNC5=O)c(N)nc3F)cc2)CC1. The highest BCUT2D eigenvalue weighted by Gasteiger charge is 2.22. The van der Waals surface area contributed by atoms with Crippen LogP contribution in [-0.2, 0) is 6.42 Å². The molecule has 1 saturated heterocycles. The van der Waals surface area contributed by atoms with E-state index in [0.29, 0.717) is 34.8 Å². The minimum Gasteiger partial charge on any atom is -0.490 e. The van der Waals surface area contributed by atoms with E-state index in [9.17, 15) is 9.18 Å². The minimum atomic E-state index is -0.613. The lowest BCUT2D eigenvalue weighted by Crippen LogP contribution is -2.41. The minimum absolute atomic E-state index is 0.0727. The Morgan fingerprint density at radius 1 is 1.03 bits per heavy atom. The predicted octanol–water partition coefficient (Wildman–Crippen LogP) is 4.67. The molecule has 0 unspecified atom stereocenters. The molecule has 5 rings (SSSR count). The van der Waals surface area contributed by atoms with Gasteiger partial charge >= 0.3 is 0 Å². The number of aromatic nitrogens is 1. The molecule has 182 valence electrons. The highest BCUT2D eigenvalue weighted by atomic mass is 19.1. The Labute approximate surface area is 205 Å². The van der Waals surface area contributed by atoms with Crippen LogP contribution in [0.25, 0.3) is 22.3 Å². The lowest BCUT2D eigenvalue weighted by Gasteiger charge is -2.34. The average Bonchev–Trinajstić information content (AvgIpc) is 2.85. The summed E-state index contributed by atoms with van der Waals surface area (Å²) in [6.45, 7) is 7.13. The maximum atomic E-state index is 14.9. The normalized spacial score (nSPS) is 16.7. The first-order valence-electron chi connectivity index (χ1n) is 12.3. The molecule has 7 heteroatoms. The number of nitrogens with zero attached hydrogens (tertiary/aromatic N) is 2. The summed E-state index contributed by atoms with van der Waals surface area (Å²) >= 11 is 0. The molecule has 3 heterocycles. The molecule has 35 heavy (non-hydrogen) atoms. The average molecular weight is 475 g/mol. The topological polar surface area (TPSA) is 80.5 Å². The number of hydrogen-bond donors (Lipinski definition) is 2. The third-order valence-electron chi connectivity index (χ3n) is 7.02. The standard InChI is InChI=1S/C28H31FN4O2/c1-17(2)33-13-10-22(11-14-33)35-21-6-3-18(4-7-21)24-16-25(27(30)32-26(24)29)19-5-8-23-20(15-19)9-12-31-28(23)34/h3-8,15-17,22H,9-14H2,1-2H3,(H2,30,32)(H,31,34). The number of nitrogens with two attached hydrogens (primary N) is 1. The summed E-state index contributed by atoms with van der Waals surface area (Å²) in [5, 5.41) is 2.85. The molecule has 0 radical (unpaired) electrons. The molecule has 2 aliphatic rings. The number of halogens is 1. The summed E-state index contributed by atoms with van der Waals surface area (Å²) < 4.78 is 21.0. The molecule has 2 aliphatic heterocycles. The summed E-state index contributed by atoms with van der Waals surface area (Å²) in [5.41, 5.74) is 10.3. The molecule has 3 aromatic rings. The van der Waals surface area contributed by atoms with E-state index >= 15 is 0 Å². The fourth-order valence-electron chi connectivity index (χ4n) is 4.95. The van der Waals surface area contributed by atoms with Gasteiger partial charge in [-0.05, 0) is 74.1 Å². The van der Waals surface area contributed by atoms with Gasteiger partial charge in [0.1, 0.15) is 17.7 Å². The van der Waals surface area contributed by atoms with Crippen molar-refractivity contribution in [1.82, 2.24) is 15.2 Å². The van der Waals surface area contributed by atoms with E-state index in [1.807, 2.05) is 36.4 Å². The van der Waals surface area contributed by atoms with Crippen LogP contribution in [0.15, 0.2) is 48.5 Å². The van der Waals surface area contributed by atoms with Gasteiger partial charge in [0.15, 0.2) is 0 Å². The van der Waals surface area contributed by atoms with E-state index in [0.717, 1.165) is 49.2 Å². The van der Waals surface area contributed by atoms with Gasteiger partial charge in [0.25, 0.3) is 5.91 Å². The number of carbonyl (C=O) groups excluding carboxylic acids is 1. The third kappa shape index (κ3) is 4.86. The lowest BCUT2D eigenvalue weighted by atomic mass is 9.94. The fraction of sp³-hybridized carbons (Fsp3) is 0.357. The van der Waals surface area contributed by atoms with Crippen molar-refractivity contribution < 1.29 is 13.9 Å². The number of anilines is 1. The maximum Gasteiger partial charge on any atom is 0.251 e. The Morgan fingerprint density at radius 3 is 2.46 bits per heavy atom. The van der Waals surface area contributed by atoms with Crippen molar-refractivity contribution in [3.05, 3.63) is 65.6 Å². The molecule has 1 aromatic heterocycles. The van der Waals surface area contributed by atoms with Crippen LogP contribution < -0.4 is 15.8 Å². The Balaban J connectivity index is 1.36. The zero-order valence-electron chi connectivity index (χ0n) is 20.2. The third-order valence-corrected chi connectivity index (χ3v) is 7.02. The van der Waals surface area contributed by atoms with Crippen LogP contribution in [0.1, 0.15) is 42.6 Å². The molecule has 1 fully saturated rings. The Morgan fingerprint density at radius 2 is 1.74 bits per heavy atom. The number of carbonyl (C=O) groups is 1. The van der Waals surface area contributed by atoms with Gasteiger partial charge in [-0.2, -0.15) is 4.39 Å². The largest absolute Gasteiger partial charge is 0.490 e. The van der Waals surface area contributed by atoms with E-state index in [1.165, 1.54) is 0 Å². The molecule has 2 aromatic carbocycles. The molecule has 6 nitrogen and oxygen atoms in total. The van der Waals surface area contributed by atoms with Crippen LogP contribution in [0.3, 0.4) is 0 Å². The van der Waals surface area contributed by atoms with Gasteiger partial charge < -0.3 is 20.7 Å². The zero-order chi connectivity index (χ0) is 24.5. The predicted molar refractivity (Wildman–Crippen MR) is 136 cm³/mol. The molecular weight excluding hydrogens is 443 g/mol. The first kappa shape index (κ1) is 23.3. The molecule has 0 saturated carbocycles. The zero-order valence-corrected chi connectivity index (χ0v) is 20.2. The quantitative estimate of drug-likeness (QED) is 0.525. The number of rotatable bonds is 5. The molecule has 1 amide bonds. The van der Waals surface area contributed by atoms with Crippen molar-refractivity contribution in [2.75, 3.05) is 25.4 Å². The van der Waals surface area contributed by atoms with Crippen molar-refractivity contribution in [1.29, 1.82) is 0 Å². The van der Waals surface area contributed by atoms with Crippen molar-refractivity contribution in [3.63, 3.8) is 0 Å². The summed E-state index contributed by atoms with van der Waals surface area (Å²) in [6, 6.07) is 15.4. The number of pyridine rings is 1. The van der Waals surface area contributed by atoms with Gasteiger partial charge in [-0.3, -0.25) is 4.79 Å². The summed E-state index contributed by atoms with van der Waals surface area (Å²) in [7, 11) is 0. The van der Waals surface area contributed by atoms with Gasteiger partial charge in [-0.1, -0.05) is 24.3 Å². The number of nitrogens with one attached hydrogen (secondary N) is 1. The van der Waals surface area contributed by atoms with Crippen molar-refractivity contribution in [2.24, 2.45) is 0 Å². The molecule has 0 aliphatic carbocycles. The number of fused-ring (bicyclic) bond motifs is 1. The van der Waals surface area contributed by atoms with E-state index < -0.39 is 5.95 Å². The molecule has 3 N–H and O–H groups in total. The number of ether oxygens (including phenoxy) is 1. The smallest absolute Gasteiger partial charge is 0.251 e. The van der Waals surface area contributed by atoms with Crippen LogP contribution in [-0.4, -0.2) is 47.6 Å². The highest BCUT2D eigenvalue weighted by molar-refractivity contribution is 5.97. The number of likely N-dealkylation sites (tertiary alicyclic amines) is 1. The second-order valence-electron chi connectivity index (χ2n) is 9.61. The van der Waals surface area contributed by atoms with Crippen molar-refractivity contribution in [2.45, 2.75) is 45.3 Å². The molecule has 0 bridgehead atoms. The van der Waals surface area contributed by atoms with Gasteiger partial charge in [-0.25, -0.2) is 4.98 Å². The summed E-state index contributed by atoms with van der Waals surface area (Å²) in [5.74, 6) is 0.225. The van der Waals surface area contributed by atoms with Crippen molar-refractivity contribution in [3.8, 4) is 28.0 Å². The number of benzene rings is 2. The second-order valence-corrected chi connectivity index (χ2v) is 9.61. The Bertz CT molecular complexity index is 1230. The van der Waals surface area contributed by atoms with Gasteiger partial charge in [0.2, 0.25) is 5.95 Å². The number of amides is 1. The molecule has 0 atom stereocenters. The first-order chi connectivity index (χ1) is 16.9. The fourth-order valence-corrected chi connectivity index (χ4v) is 4.95.